The molecule has 4 aromatic rings. The van der Waals surface area contributed by atoms with E-state index in [1.165, 1.54) is 0 Å². The third kappa shape index (κ3) is 15.8. The van der Waals surface area contributed by atoms with Crippen LogP contribution in [0.5, 0.6) is 0 Å². The molecule has 0 radical (unpaired) electrons. The Morgan fingerprint density at radius 2 is 0.757 bits per heavy atom. The Kier molecular flexibility index (Phi) is 20.2. The molecule has 0 aliphatic heterocycles. The molecule has 7 heteroatoms. The average molecular weight is 572 g/mol. The van der Waals surface area contributed by atoms with Crippen LogP contribution < -0.4 is 0 Å². The van der Waals surface area contributed by atoms with Gasteiger partial charge >= 0.3 is 19.5 Å². The van der Waals surface area contributed by atoms with Crippen molar-refractivity contribution in [3.63, 3.8) is 0 Å². The number of unbranched alkanes of at least 4 members (excludes halogenated alkanes) is 2. The van der Waals surface area contributed by atoms with Gasteiger partial charge in [0.15, 0.2) is 0 Å². The number of aromatic nitrogens is 4. The molecule has 4 heterocycles. The Hall–Kier alpha value is -4.68. The summed E-state index contributed by atoms with van der Waals surface area (Å²) < 4.78 is 0. The Bertz CT molecular complexity index is 1050. The van der Waals surface area contributed by atoms with Crippen LogP contribution in [-0.2, 0) is 19.5 Å². The molecule has 0 bridgehead atoms. The Morgan fingerprint density at radius 3 is 0.892 bits per heavy atom. The van der Waals surface area contributed by atoms with Crippen molar-refractivity contribution in [1.82, 2.24) is 19.9 Å². The Balaban J connectivity index is 0.000000491. The number of hydrogen-bond acceptors (Lipinski definition) is 6. The third-order valence-electron chi connectivity index (χ3n) is 3.95. The molecule has 4 aromatic heterocycles. The first-order valence-electron chi connectivity index (χ1n) is 11.0. The van der Waals surface area contributed by atoms with Crippen LogP contribution in [0.3, 0.4) is 0 Å². The monoisotopic (exact) mass is 572 g/mol. The van der Waals surface area contributed by atoms with E-state index in [1.54, 1.807) is 24.8 Å². The SMILES string of the molecule is C#CCCC#N.C#CCCC#N.[Ru+2].c1ccc(-c2ccccn2)nc1.c1ccc(-c2ccccn2)nc1. The van der Waals surface area contributed by atoms with E-state index in [9.17, 15) is 0 Å². The van der Waals surface area contributed by atoms with E-state index >= 15 is 0 Å². The Labute approximate surface area is 232 Å². The van der Waals surface area contributed by atoms with E-state index in [-0.39, 0.29) is 19.5 Å². The van der Waals surface area contributed by atoms with Gasteiger partial charge in [-0.1, -0.05) is 24.3 Å². The van der Waals surface area contributed by atoms with Crippen LogP contribution in [0.4, 0.5) is 0 Å². The first kappa shape index (κ1) is 32.3. The van der Waals surface area contributed by atoms with E-state index in [2.05, 4.69) is 31.8 Å². The van der Waals surface area contributed by atoms with Gasteiger partial charge in [0.2, 0.25) is 0 Å². The molecule has 0 amide bonds. The maximum atomic E-state index is 7.85. The fourth-order valence-electron chi connectivity index (χ4n) is 2.31. The van der Waals surface area contributed by atoms with Gasteiger partial charge in [-0.05, 0) is 48.5 Å². The predicted molar refractivity (Wildman–Crippen MR) is 142 cm³/mol. The second-order valence-electron chi connectivity index (χ2n) is 6.58. The minimum Gasteiger partial charge on any atom is -0.255 e. The first-order chi connectivity index (χ1) is 17.8. The molecule has 37 heavy (non-hydrogen) atoms. The zero-order valence-electron chi connectivity index (χ0n) is 20.3. The van der Waals surface area contributed by atoms with Crippen LogP contribution in [0, 0.1) is 47.3 Å². The first-order valence-corrected chi connectivity index (χ1v) is 11.0. The van der Waals surface area contributed by atoms with Crippen molar-refractivity contribution in [2.45, 2.75) is 25.7 Å². The summed E-state index contributed by atoms with van der Waals surface area (Å²) in [6, 6.07) is 27.0. The fourth-order valence-corrected chi connectivity index (χ4v) is 2.31. The van der Waals surface area contributed by atoms with Crippen LogP contribution in [0.1, 0.15) is 25.7 Å². The maximum absolute atomic E-state index is 7.85. The van der Waals surface area contributed by atoms with Crippen molar-refractivity contribution >= 4 is 0 Å². The molecule has 0 spiro atoms. The number of nitriles is 2. The largest absolute Gasteiger partial charge is 2.00 e. The van der Waals surface area contributed by atoms with Crippen LogP contribution >= 0.6 is 0 Å². The van der Waals surface area contributed by atoms with Crippen molar-refractivity contribution in [2.24, 2.45) is 0 Å². The molecule has 0 aliphatic rings. The fraction of sp³-hybridized carbons (Fsp3) is 0.133. The summed E-state index contributed by atoms with van der Waals surface area (Å²) in [5.74, 6) is 4.69. The van der Waals surface area contributed by atoms with Gasteiger partial charge in [-0.25, -0.2) is 0 Å². The number of terminal acetylenes is 2. The molecule has 0 saturated carbocycles. The topological polar surface area (TPSA) is 99.1 Å². The van der Waals surface area contributed by atoms with Crippen LogP contribution in [0.15, 0.2) is 97.6 Å². The molecule has 6 nitrogen and oxygen atoms in total. The van der Waals surface area contributed by atoms with Gasteiger partial charge in [0.1, 0.15) is 0 Å². The van der Waals surface area contributed by atoms with E-state index in [1.807, 2.05) is 84.9 Å². The van der Waals surface area contributed by atoms with Crippen LogP contribution in [-0.4, -0.2) is 19.9 Å². The zero-order chi connectivity index (χ0) is 26.1. The standard InChI is InChI=1S/2C10H8N2.2C5H5N.Ru/c2*1-3-7-11-9(5-1)10-6-2-4-8-12-10;2*1-2-3-4-5-6;/h2*1-8H;2*1H,3-4H2;/q;;;;+2. The zero-order valence-corrected chi connectivity index (χ0v) is 22.0. The van der Waals surface area contributed by atoms with Crippen molar-refractivity contribution in [3.05, 3.63) is 97.6 Å². The summed E-state index contributed by atoms with van der Waals surface area (Å²) >= 11 is 0. The average Bonchev–Trinajstić information content (AvgIpc) is 2.98. The van der Waals surface area contributed by atoms with E-state index in [0.29, 0.717) is 25.7 Å². The van der Waals surface area contributed by atoms with Gasteiger partial charge in [0.05, 0.1) is 34.9 Å². The maximum Gasteiger partial charge on any atom is 2.00 e. The smallest absolute Gasteiger partial charge is 0.255 e. The second-order valence-corrected chi connectivity index (χ2v) is 6.58. The molecule has 0 fully saturated rings. The minimum absolute atomic E-state index is 0. The van der Waals surface area contributed by atoms with E-state index in [0.717, 1.165) is 22.8 Å². The van der Waals surface area contributed by atoms with Gasteiger partial charge in [-0.3, -0.25) is 19.9 Å². The van der Waals surface area contributed by atoms with E-state index < -0.39 is 0 Å². The molecular weight excluding hydrogens is 545 g/mol. The van der Waals surface area contributed by atoms with Crippen LogP contribution in [0.25, 0.3) is 22.8 Å². The van der Waals surface area contributed by atoms with Gasteiger partial charge in [0.25, 0.3) is 0 Å². The van der Waals surface area contributed by atoms with Crippen molar-refractivity contribution in [1.29, 1.82) is 10.5 Å². The molecule has 4 rings (SSSR count). The number of nitrogens with zero attached hydrogens (tertiary/aromatic N) is 6. The van der Waals surface area contributed by atoms with Gasteiger partial charge in [-0.15, -0.1) is 24.7 Å². The van der Waals surface area contributed by atoms with Gasteiger partial charge in [0, 0.05) is 50.5 Å². The molecule has 0 atom stereocenters. The molecule has 0 saturated heterocycles. The van der Waals surface area contributed by atoms with Crippen molar-refractivity contribution < 1.29 is 19.5 Å². The molecule has 0 N–H and O–H groups in total. The molecule has 182 valence electrons. The second kappa shape index (κ2) is 23.1. The van der Waals surface area contributed by atoms with E-state index in [4.69, 9.17) is 23.4 Å². The summed E-state index contributed by atoms with van der Waals surface area (Å²) in [4.78, 5) is 16.7. The quantitative estimate of drug-likeness (QED) is 0.166. The molecule has 0 aliphatic carbocycles. The number of rotatable bonds is 4. The Morgan fingerprint density at radius 1 is 0.486 bits per heavy atom. The van der Waals surface area contributed by atoms with Gasteiger partial charge in [-0.2, -0.15) is 10.5 Å². The van der Waals surface area contributed by atoms with Crippen LogP contribution in [0.2, 0.25) is 0 Å². The molecule has 0 unspecified atom stereocenters. The van der Waals surface area contributed by atoms with Crippen molar-refractivity contribution in [3.8, 4) is 59.6 Å². The summed E-state index contributed by atoms with van der Waals surface area (Å²) in [6.07, 6.45) is 18.8. The van der Waals surface area contributed by atoms with Gasteiger partial charge < -0.3 is 0 Å². The number of hydrogen-bond donors (Lipinski definition) is 0. The minimum atomic E-state index is 0. The summed E-state index contributed by atoms with van der Waals surface area (Å²) in [5, 5.41) is 15.7. The summed E-state index contributed by atoms with van der Waals surface area (Å²) in [7, 11) is 0. The molecular formula is C30H26N6Ru+2. The predicted octanol–water partition coefficient (Wildman–Crippen LogP) is 6.13. The summed E-state index contributed by atoms with van der Waals surface area (Å²) in [6.45, 7) is 0. The third-order valence-corrected chi connectivity index (χ3v) is 3.95. The van der Waals surface area contributed by atoms with Crippen molar-refractivity contribution in [2.75, 3.05) is 0 Å². The normalized spacial score (nSPS) is 8.11. The number of pyridine rings is 4. The summed E-state index contributed by atoms with van der Waals surface area (Å²) in [5.41, 5.74) is 3.66. The molecule has 0 aromatic carbocycles.